The second-order valence-electron chi connectivity index (χ2n) is 7.86. The molecule has 2 aromatic carbocycles. The lowest BCUT2D eigenvalue weighted by Gasteiger charge is -2.22. The Morgan fingerprint density at radius 1 is 0.781 bits per heavy atom. The molecule has 0 saturated heterocycles. The van der Waals surface area contributed by atoms with E-state index in [0.717, 1.165) is 35.5 Å². The molecule has 0 fully saturated rings. The van der Waals surface area contributed by atoms with Crippen molar-refractivity contribution in [2.45, 2.75) is 57.7 Å². The van der Waals surface area contributed by atoms with E-state index in [9.17, 15) is 4.79 Å². The molecule has 32 heavy (non-hydrogen) atoms. The van der Waals surface area contributed by atoms with Gasteiger partial charge in [0.05, 0.1) is 52.2 Å². The van der Waals surface area contributed by atoms with Crippen LogP contribution in [0.5, 0.6) is 11.5 Å². The van der Waals surface area contributed by atoms with E-state index in [1.807, 2.05) is 67.6 Å². The first-order valence-corrected chi connectivity index (χ1v) is 10.9. The van der Waals surface area contributed by atoms with Gasteiger partial charge >= 0.3 is 5.97 Å². The van der Waals surface area contributed by atoms with Gasteiger partial charge in [0, 0.05) is 0 Å². The van der Waals surface area contributed by atoms with Crippen LogP contribution in [-0.4, -0.2) is 38.5 Å². The van der Waals surface area contributed by atoms with Crippen LogP contribution in [-0.2, 0) is 32.2 Å². The molecule has 1 aliphatic rings. The highest BCUT2D eigenvalue weighted by molar-refractivity contribution is 5.70. The third-order valence-electron chi connectivity index (χ3n) is 5.34. The molecule has 0 aromatic heterocycles. The molecule has 1 aliphatic heterocycles. The minimum Gasteiger partial charge on any atom is -0.497 e. The van der Waals surface area contributed by atoms with Gasteiger partial charge in [-0.3, -0.25) is 4.79 Å². The Kier molecular flexibility index (Phi) is 9.13. The lowest BCUT2D eigenvalue weighted by atomic mass is 10.1. The van der Waals surface area contributed by atoms with Crippen molar-refractivity contribution in [3.05, 3.63) is 71.8 Å². The maximum Gasteiger partial charge on any atom is 0.309 e. The monoisotopic (exact) mass is 440 g/mol. The molecule has 3 rings (SSSR count). The van der Waals surface area contributed by atoms with E-state index in [1.165, 1.54) is 0 Å². The van der Waals surface area contributed by atoms with Gasteiger partial charge in [-0.2, -0.15) is 0 Å². The van der Waals surface area contributed by atoms with Gasteiger partial charge in [0.25, 0.3) is 0 Å². The first-order chi connectivity index (χ1) is 15.6. The second kappa shape index (κ2) is 12.3. The van der Waals surface area contributed by atoms with Crippen molar-refractivity contribution in [1.82, 2.24) is 0 Å². The molecule has 0 bridgehead atoms. The fraction of sp³-hybridized carbons (Fsp3) is 0.423. The van der Waals surface area contributed by atoms with Gasteiger partial charge in [0.2, 0.25) is 0 Å². The van der Waals surface area contributed by atoms with Crippen LogP contribution in [0.4, 0.5) is 0 Å². The van der Waals surface area contributed by atoms with Gasteiger partial charge in [-0.25, -0.2) is 0 Å². The summed E-state index contributed by atoms with van der Waals surface area (Å²) in [6.45, 7) is 2.79. The number of hydrogen-bond donors (Lipinski definition) is 0. The summed E-state index contributed by atoms with van der Waals surface area (Å²) in [5, 5.41) is 0. The molecular formula is C26H32O6. The Hall–Kier alpha value is -2.83. The zero-order chi connectivity index (χ0) is 22.8. The van der Waals surface area contributed by atoms with Gasteiger partial charge in [-0.05, 0) is 55.2 Å². The van der Waals surface area contributed by atoms with Crippen LogP contribution >= 0.6 is 0 Å². The summed E-state index contributed by atoms with van der Waals surface area (Å²) in [6.07, 6.45) is 4.94. The summed E-state index contributed by atoms with van der Waals surface area (Å²) < 4.78 is 28.1. The maximum atomic E-state index is 12.3. The van der Waals surface area contributed by atoms with Crippen molar-refractivity contribution in [2.24, 2.45) is 0 Å². The van der Waals surface area contributed by atoms with Gasteiger partial charge in [0.15, 0.2) is 0 Å². The predicted octanol–water partition coefficient (Wildman–Crippen LogP) is 4.85. The number of rotatable bonds is 8. The number of carbonyl (C=O) groups is 1. The minimum absolute atomic E-state index is 0.0940. The topological polar surface area (TPSA) is 63.2 Å². The molecule has 6 heteroatoms. The number of methoxy groups -OCH3 is 2. The summed E-state index contributed by atoms with van der Waals surface area (Å²) in [5.74, 6) is 1.36. The molecule has 172 valence electrons. The first kappa shape index (κ1) is 23.8. The van der Waals surface area contributed by atoms with Crippen molar-refractivity contribution in [1.29, 1.82) is 0 Å². The van der Waals surface area contributed by atoms with Gasteiger partial charge in [-0.15, -0.1) is 0 Å². The van der Waals surface area contributed by atoms with E-state index >= 15 is 0 Å². The predicted molar refractivity (Wildman–Crippen MR) is 122 cm³/mol. The summed E-state index contributed by atoms with van der Waals surface area (Å²) in [4.78, 5) is 12.3. The molecule has 0 aliphatic carbocycles. The zero-order valence-electron chi connectivity index (χ0n) is 19.0. The van der Waals surface area contributed by atoms with Crippen molar-refractivity contribution < 1.29 is 28.5 Å². The molecule has 0 unspecified atom stereocenters. The third-order valence-corrected chi connectivity index (χ3v) is 5.34. The minimum atomic E-state index is -0.387. The van der Waals surface area contributed by atoms with Crippen molar-refractivity contribution >= 4 is 5.97 Å². The Morgan fingerprint density at radius 3 is 1.81 bits per heavy atom. The molecule has 0 amide bonds. The molecule has 2 aromatic rings. The second-order valence-corrected chi connectivity index (χ2v) is 7.86. The number of esters is 1. The van der Waals surface area contributed by atoms with Crippen molar-refractivity contribution in [3.8, 4) is 11.5 Å². The van der Waals surface area contributed by atoms with Crippen LogP contribution in [0.15, 0.2) is 60.7 Å². The summed E-state index contributed by atoms with van der Waals surface area (Å²) in [6, 6.07) is 15.5. The average molecular weight is 441 g/mol. The summed E-state index contributed by atoms with van der Waals surface area (Å²) in [5.41, 5.74) is 2.08. The molecule has 0 spiro atoms. The Labute approximate surface area is 190 Å². The molecular weight excluding hydrogens is 408 g/mol. The lowest BCUT2D eigenvalue weighted by Crippen LogP contribution is -2.24. The van der Waals surface area contributed by atoms with Crippen LogP contribution in [0.2, 0.25) is 0 Å². The SMILES string of the molecule is COc1ccc(CO[C@@H]2/C=C/[C@H](OCc3ccc(OC)cc3)CC[C@@H](C)OC(=O)C2)cc1. The van der Waals surface area contributed by atoms with E-state index in [-0.39, 0.29) is 30.7 Å². The smallest absolute Gasteiger partial charge is 0.309 e. The van der Waals surface area contributed by atoms with E-state index in [2.05, 4.69) is 0 Å². The molecule has 6 nitrogen and oxygen atoms in total. The number of benzene rings is 2. The molecule has 3 atom stereocenters. The first-order valence-electron chi connectivity index (χ1n) is 10.9. The van der Waals surface area contributed by atoms with Crippen LogP contribution < -0.4 is 9.47 Å². The van der Waals surface area contributed by atoms with Crippen LogP contribution in [0, 0.1) is 0 Å². The van der Waals surface area contributed by atoms with Crippen molar-refractivity contribution in [2.75, 3.05) is 14.2 Å². The lowest BCUT2D eigenvalue weighted by molar-refractivity contribution is -0.151. The van der Waals surface area contributed by atoms with Crippen LogP contribution in [0.3, 0.4) is 0 Å². The van der Waals surface area contributed by atoms with Gasteiger partial charge in [0.1, 0.15) is 11.5 Å². The highest BCUT2D eigenvalue weighted by Crippen LogP contribution is 2.19. The van der Waals surface area contributed by atoms with E-state index in [0.29, 0.717) is 13.2 Å². The standard InChI is InChI=1S/C26H32O6/c1-19-4-9-24(30-17-20-5-10-22(28-2)11-6-20)14-15-25(16-26(27)32-19)31-18-21-7-12-23(29-3)13-8-21/h5-8,10-15,19,24-25H,4,9,16-18H2,1-3H3/b15-14+/t19-,24-,25-/m1/s1. The van der Waals surface area contributed by atoms with Crippen LogP contribution in [0.1, 0.15) is 37.3 Å². The fourth-order valence-corrected chi connectivity index (χ4v) is 3.41. The highest BCUT2D eigenvalue weighted by atomic mass is 16.5. The maximum absolute atomic E-state index is 12.3. The molecule has 0 radical (unpaired) electrons. The average Bonchev–Trinajstić information content (AvgIpc) is 2.82. The molecule has 0 saturated carbocycles. The normalized spacial score (nSPS) is 22.6. The van der Waals surface area contributed by atoms with Gasteiger partial charge < -0.3 is 23.7 Å². The quantitative estimate of drug-likeness (QED) is 0.432. The molecule has 0 N–H and O–H groups in total. The van der Waals surface area contributed by atoms with Gasteiger partial charge in [-0.1, -0.05) is 36.4 Å². The van der Waals surface area contributed by atoms with E-state index in [1.54, 1.807) is 14.2 Å². The van der Waals surface area contributed by atoms with Crippen LogP contribution in [0.25, 0.3) is 0 Å². The Bertz CT molecular complexity index is 859. The molecule has 1 heterocycles. The number of cyclic esters (lactones) is 1. The van der Waals surface area contributed by atoms with E-state index < -0.39 is 0 Å². The zero-order valence-corrected chi connectivity index (χ0v) is 19.0. The number of hydrogen-bond acceptors (Lipinski definition) is 6. The Balaban J connectivity index is 1.62. The Morgan fingerprint density at radius 2 is 1.28 bits per heavy atom. The number of ether oxygens (including phenoxy) is 5. The fourth-order valence-electron chi connectivity index (χ4n) is 3.41. The largest absolute Gasteiger partial charge is 0.497 e. The summed E-state index contributed by atoms with van der Waals surface area (Å²) >= 11 is 0. The van der Waals surface area contributed by atoms with Crippen molar-refractivity contribution in [3.63, 3.8) is 0 Å². The van der Waals surface area contributed by atoms with E-state index in [4.69, 9.17) is 23.7 Å². The summed E-state index contributed by atoms with van der Waals surface area (Å²) in [7, 11) is 3.29. The highest BCUT2D eigenvalue weighted by Gasteiger charge is 2.20. The number of carbonyl (C=O) groups excluding carboxylic acids is 1. The third kappa shape index (κ3) is 7.70.